The molecule has 0 aliphatic carbocycles. The number of para-hydroxylation sites is 1. The van der Waals surface area contributed by atoms with Gasteiger partial charge in [0.2, 0.25) is 0 Å². The maximum absolute atomic E-state index is 5.07. The van der Waals surface area contributed by atoms with Crippen molar-refractivity contribution in [2.45, 2.75) is 40.3 Å². The maximum atomic E-state index is 5.07. The van der Waals surface area contributed by atoms with E-state index in [4.69, 9.17) is 4.74 Å². The van der Waals surface area contributed by atoms with Gasteiger partial charge in [0, 0.05) is 39.0 Å². The molecule has 114 valence electrons. The van der Waals surface area contributed by atoms with Crippen molar-refractivity contribution in [2.75, 3.05) is 32.2 Å². The number of ether oxygens (including phenoxy) is 1. The van der Waals surface area contributed by atoms with E-state index in [1.807, 2.05) is 0 Å². The first-order chi connectivity index (χ1) is 9.38. The van der Waals surface area contributed by atoms with Gasteiger partial charge in [0.25, 0.3) is 0 Å². The Morgan fingerprint density at radius 3 is 2.50 bits per heavy atom. The first kappa shape index (κ1) is 17.0. The van der Waals surface area contributed by atoms with Crippen LogP contribution in [0, 0.1) is 5.41 Å². The summed E-state index contributed by atoms with van der Waals surface area (Å²) in [5.74, 6) is 0. The lowest BCUT2D eigenvalue weighted by atomic mass is 9.86. The SMILES string of the molecule is COCCNCc1ccccc1N(C)C(C)C(C)(C)C. The molecular weight excluding hydrogens is 248 g/mol. The van der Waals surface area contributed by atoms with Gasteiger partial charge in [0.15, 0.2) is 0 Å². The third-order valence-corrected chi connectivity index (χ3v) is 4.00. The van der Waals surface area contributed by atoms with E-state index in [0.717, 1.165) is 19.7 Å². The quantitative estimate of drug-likeness (QED) is 0.775. The minimum absolute atomic E-state index is 0.255. The zero-order valence-corrected chi connectivity index (χ0v) is 13.9. The Balaban J connectivity index is 2.79. The molecule has 0 radical (unpaired) electrons. The van der Waals surface area contributed by atoms with Crippen molar-refractivity contribution in [3.05, 3.63) is 29.8 Å². The lowest BCUT2D eigenvalue weighted by Crippen LogP contribution is -2.40. The van der Waals surface area contributed by atoms with Crippen molar-refractivity contribution < 1.29 is 4.74 Å². The molecule has 1 rings (SSSR count). The van der Waals surface area contributed by atoms with E-state index in [1.54, 1.807) is 7.11 Å². The van der Waals surface area contributed by atoms with Gasteiger partial charge in [-0.15, -0.1) is 0 Å². The third kappa shape index (κ3) is 4.80. The fourth-order valence-corrected chi connectivity index (χ4v) is 2.19. The third-order valence-electron chi connectivity index (χ3n) is 4.00. The number of anilines is 1. The predicted molar refractivity (Wildman–Crippen MR) is 87.3 cm³/mol. The highest BCUT2D eigenvalue weighted by Crippen LogP contribution is 2.29. The van der Waals surface area contributed by atoms with Crippen molar-refractivity contribution in [1.82, 2.24) is 5.32 Å². The second kappa shape index (κ2) is 7.65. The van der Waals surface area contributed by atoms with E-state index >= 15 is 0 Å². The molecule has 3 heteroatoms. The van der Waals surface area contributed by atoms with Crippen molar-refractivity contribution in [3.8, 4) is 0 Å². The molecule has 1 N–H and O–H groups in total. The highest BCUT2D eigenvalue weighted by Gasteiger charge is 2.25. The van der Waals surface area contributed by atoms with Crippen LogP contribution in [-0.4, -0.2) is 33.4 Å². The summed E-state index contributed by atoms with van der Waals surface area (Å²) in [4.78, 5) is 2.38. The molecule has 1 aromatic carbocycles. The summed E-state index contributed by atoms with van der Waals surface area (Å²) in [7, 11) is 3.91. The number of hydrogen-bond acceptors (Lipinski definition) is 3. The van der Waals surface area contributed by atoms with Gasteiger partial charge < -0.3 is 15.0 Å². The van der Waals surface area contributed by atoms with Crippen molar-refractivity contribution >= 4 is 5.69 Å². The summed E-state index contributed by atoms with van der Waals surface area (Å²) in [5, 5.41) is 3.42. The average molecular weight is 278 g/mol. The Hall–Kier alpha value is -1.06. The van der Waals surface area contributed by atoms with E-state index in [9.17, 15) is 0 Å². The van der Waals surface area contributed by atoms with Crippen LogP contribution in [0.4, 0.5) is 5.69 Å². The van der Waals surface area contributed by atoms with Gasteiger partial charge in [-0.2, -0.15) is 0 Å². The number of benzene rings is 1. The summed E-state index contributed by atoms with van der Waals surface area (Å²) in [6.45, 7) is 11.6. The topological polar surface area (TPSA) is 24.5 Å². The summed E-state index contributed by atoms with van der Waals surface area (Å²) in [6.07, 6.45) is 0. The van der Waals surface area contributed by atoms with Crippen molar-refractivity contribution in [3.63, 3.8) is 0 Å². The van der Waals surface area contributed by atoms with Crippen LogP contribution in [0.1, 0.15) is 33.3 Å². The molecule has 0 fully saturated rings. The van der Waals surface area contributed by atoms with Crippen LogP contribution in [0.25, 0.3) is 0 Å². The molecule has 3 nitrogen and oxygen atoms in total. The molecule has 0 aliphatic rings. The van der Waals surface area contributed by atoms with Gasteiger partial charge in [0.1, 0.15) is 0 Å². The molecule has 1 aromatic rings. The Morgan fingerprint density at radius 1 is 1.25 bits per heavy atom. The maximum Gasteiger partial charge on any atom is 0.0587 e. The molecule has 20 heavy (non-hydrogen) atoms. The Bertz CT molecular complexity index is 398. The largest absolute Gasteiger partial charge is 0.383 e. The number of nitrogens with zero attached hydrogens (tertiary/aromatic N) is 1. The van der Waals surface area contributed by atoms with Gasteiger partial charge in [-0.3, -0.25) is 0 Å². The number of methoxy groups -OCH3 is 1. The second-order valence-corrected chi connectivity index (χ2v) is 6.45. The van der Waals surface area contributed by atoms with Crippen LogP contribution in [0.3, 0.4) is 0 Å². The molecule has 0 saturated carbocycles. The highest BCUT2D eigenvalue weighted by molar-refractivity contribution is 5.54. The molecule has 1 atom stereocenters. The molecule has 0 amide bonds. The molecular formula is C17H30N2O. The lowest BCUT2D eigenvalue weighted by molar-refractivity contribution is 0.199. The number of nitrogens with one attached hydrogen (secondary N) is 1. The van der Waals surface area contributed by atoms with Gasteiger partial charge in [-0.05, 0) is 24.0 Å². The smallest absolute Gasteiger partial charge is 0.0587 e. The molecule has 0 bridgehead atoms. The molecule has 0 spiro atoms. The zero-order valence-electron chi connectivity index (χ0n) is 13.9. The monoisotopic (exact) mass is 278 g/mol. The van der Waals surface area contributed by atoms with Crippen molar-refractivity contribution in [2.24, 2.45) is 5.41 Å². The first-order valence-corrected chi connectivity index (χ1v) is 7.38. The fourth-order valence-electron chi connectivity index (χ4n) is 2.19. The van der Waals surface area contributed by atoms with Crippen LogP contribution in [0.2, 0.25) is 0 Å². The molecule has 1 unspecified atom stereocenters. The summed E-state index contributed by atoms with van der Waals surface area (Å²) in [6, 6.07) is 9.09. The average Bonchev–Trinajstić information content (AvgIpc) is 2.41. The van der Waals surface area contributed by atoms with Crippen LogP contribution < -0.4 is 10.2 Å². The minimum atomic E-state index is 0.255. The fraction of sp³-hybridized carbons (Fsp3) is 0.647. The number of rotatable bonds is 7. The van der Waals surface area contributed by atoms with E-state index < -0.39 is 0 Å². The van der Waals surface area contributed by atoms with E-state index in [1.165, 1.54) is 11.3 Å². The van der Waals surface area contributed by atoms with Gasteiger partial charge in [-0.1, -0.05) is 39.0 Å². The molecule has 0 saturated heterocycles. The van der Waals surface area contributed by atoms with E-state index in [-0.39, 0.29) is 5.41 Å². The summed E-state index contributed by atoms with van der Waals surface area (Å²) < 4.78 is 5.07. The normalized spacial score (nSPS) is 13.3. The van der Waals surface area contributed by atoms with Gasteiger partial charge in [0.05, 0.1) is 6.61 Å². The van der Waals surface area contributed by atoms with Gasteiger partial charge >= 0.3 is 0 Å². The predicted octanol–water partition coefficient (Wildman–Crippen LogP) is 3.29. The van der Waals surface area contributed by atoms with Crippen molar-refractivity contribution in [1.29, 1.82) is 0 Å². The van der Waals surface area contributed by atoms with Crippen LogP contribution in [0.5, 0.6) is 0 Å². The molecule has 0 heterocycles. The van der Waals surface area contributed by atoms with Crippen LogP contribution >= 0.6 is 0 Å². The molecule has 0 aromatic heterocycles. The standard InChI is InChI=1S/C17H30N2O/c1-14(17(2,3)4)19(5)16-10-8-7-9-15(16)13-18-11-12-20-6/h7-10,14,18H,11-13H2,1-6H3. The minimum Gasteiger partial charge on any atom is -0.383 e. The summed E-state index contributed by atoms with van der Waals surface area (Å²) in [5.41, 5.74) is 2.90. The summed E-state index contributed by atoms with van der Waals surface area (Å²) >= 11 is 0. The Morgan fingerprint density at radius 2 is 1.90 bits per heavy atom. The lowest BCUT2D eigenvalue weighted by Gasteiger charge is -2.38. The Kier molecular flexibility index (Phi) is 6.50. The van der Waals surface area contributed by atoms with Crippen LogP contribution in [-0.2, 0) is 11.3 Å². The van der Waals surface area contributed by atoms with E-state index in [0.29, 0.717) is 6.04 Å². The van der Waals surface area contributed by atoms with Gasteiger partial charge in [-0.25, -0.2) is 0 Å². The van der Waals surface area contributed by atoms with Crippen LogP contribution in [0.15, 0.2) is 24.3 Å². The second-order valence-electron chi connectivity index (χ2n) is 6.45. The number of hydrogen-bond donors (Lipinski definition) is 1. The molecule has 0 aliphatic heterocycles. The Labute approximate surface area is 124 Å². The first-order valence-electron chi connectivity index (χ1n) is 7.38. The highest BCUT2D eigenvalue weighted by atomic mass is 16.5. The zero-order chi connectivity index (χ0) is 15.2. The van der Waals surface area contributed by atoms with E-state index in [2.05, 4.69) is 69.2 Å².